The normalized spacial score (nSPS) is 12.0. The third-order valence-electron chi connectivity index (χ3n) is 2.50. The molecule has 2 amide bonds. The second-order valence-corrected chi connectivity index (χ2v) is 29.7. The van der Waals surface area contributed by atoms with E-state index in [0.29, 0.717) is 24.0 Å². The molecular formula is C16H26Cl8N4O6P2. The van der Waals surface area contributed by atoms with Gasteiger partial charge in [0.05, 0.1) is 12.3 Å². The Labute approximate surface area is 248 Å². The van der Waals surface area contributed by atoms with Gasteiger partial charge in [0.15, 0.2) is 0 Å². The number of nitrogens with zero attached hydrogens (tertiary/aromatic N) is 3. The van der Waals surface area contributed by atoms with Crippen LogP contribution in [0.25, 0.3) is 0 Å². The third-order valence-corrected chi connectivity index (χ3v) is 2.50. The number of urea groups is 1. The molecule has 1 N–H and O–H groups in total. The number of hydrogen-bond acceptors (Lipinski definition) is 8. The van der Waals surface area contributed by atoms with E-state index in [4.69, 9.17) is 60.6 Å². The maximum atomic E-state index is 11.1. The molecule has 20 heteroatoms. The minimum atomic E-state index is -3.69. The molecule has 36 heavy (non-hydrogen) atoms. The Morgan fingerprint density at radius 2 is 1.56 bits per heavy atom. The zero-order valence-electron chi connectivity index (χ0n) is 20.1. The number of carbonyl (C=O) groups is 2. The van der Waals surface area contributed by atoms with Crippen LogP contribution >= 0.6 is 98.5 Å². The Balaban J connectivity index is -0.000000438. The van der Waals surface area contributed by atoms with Crippen LogP contribution in [0, 0.1) is 6.92 Å². The molecule has 0 aliphatic heterocycles. The van der Waals surface area contributed by atoms with Crippen molar-refractivity contribution in [2.75, 3.05) is 39.7 Å². The van der Waals surface area contributed by atoms with Crippen LogP contribution < -0.4 is 15.8 Å². The van der Waals surface area contributed by atoms with E-state index in [-0.39, 0.29) is 11.7 Å². The van der Waals surface area contributed by atoms with Crippen LogP contribution in [0.2, 0.25) is 0 Å². The van der Waals surface area contributed by atoms with Gasteiger partial charge in [0.25, 0.3) is 6.01 Å². The van der Waals surface area contributed by atoms with E-state index in [0.717, 1.165) is 0 Å². The number of halogens is 8. The number of nitrogens with one attached hydrogen (secondary N) is 1. The van der Waals surface area contributed by atoms with Crippen molar-refractivity contribution in [1.29, 1.82) is 0 Å². The van der Waals surface area contributed by atoms with Gasteiger partial charge in [-0.3, -0.25) is 4.57 Å². The topological polar surface area (TPSA) is 122 Å². The second-order valence-electron chi connectivity index (χ2n) is 6.44. The molecule has 1 aromatic heterocycles. The summed E-state index contributed by atoms with van der Waals surface area (Å²) in [6.07, 6.45) is 1.24. The number of anilines is 1. The molecule has 1 aromatic rings. The smallest absolute Gasteiger partial charge is 0.271 e. The maximum Gasteiger partial charge on any atom is 0.339 e. The van der Waals surface area contributed by atoms with Crippen molar-refractivity contribution in [3.8, 4) is 0 Å². The first-order valence-corrected chi connectivity index (χ1v) is 20.3. The van der Waals surface area contributed by atoms with E-state index >= 15 is 0 Å². The standard InChI is InChI=1S/C9H16N2O3.C7H10N2O2.Cl5P.Cl3OP/c1-5-14-8(12)6-7(2)10-9(13)11(3)4;1-5-4-6(10)11-7(8-5)9(2)3;1-6(2,3,4)5;1-5(2,3)4/h6H,5H2,1-4H3,(H,10,13);4H,1-3H3;;/b7-6-;;;. The molecule has 0 saturated carbocycles. The van der Waals surface area contributed by atoms with Crippen LogP contribution in [0.5, 0.6) is 0 Å². The molecule has 1 heterocycles. The van der Waals surface area contributed by atoms with E-state index in [1.54, 1.807) is 53.9 Å². The third kappa shape index (κ3) is 38.7. The first-order chi connectivity index (χ1) is 15.8. The van der Waals surface area contributed by atoms with Gasteiger partial charge in [-0.25, -0.2) is 19.4 Å². The predicted octanol–water partition coefficient (Wildman–Crippen LogP) is 8.25. The zero-order valence-corrected chi connectivity index (χ0v) is 27.9. The summed E-state index contributed by atoms with van der Waals surface area (Å²) in [7, 11) is 6.77. The minimum Gasteiger partial charge on any atom is -0.271 e. The summed E-state index contributed by atoms with van der Waals surface area (Å²) in [5, 5.41) is -0.706. The van der Waals surface area contributed by atoms with Gasteiger partial charge in [0, 0.05) is 46.0 Å². The summed E-state index contributed by atoms with van der Waals surface area (Å²) in [4.78, 5) is 39.9. The molecule has 0 aliphatic carbocycles. The summed E-state index contributed by atoms with van der Waals surface area (Å²) in [6.45, 7) is 5.42. The average Bonchev–Trinajstić information content (AvgIpc) is 2.57. The van der Waals surface area contributed by atoms with Crippen molar-refractivity contribution in [2.45, 2.75) is 20.8 Å². The number of aryl methyl sites for hydroxylation is 1. The number of aromatic nitrogens is 1. The van der Waals surface area contributed by atoms with E-state index in [1.807, 2.05) is 0 Å². The molecule has 212 valence electrons. The van der Waals surface area contributed by atoms with Gasteiger partial charge in [0.1, 0.15) is 0 Å². The van der Waals surface area contributed by atoms with Crippen molar-refractivity contribution < 1.29 is 23.3 Å². The van der Waals surface area contributed by atoms with Crippen LogP contribution in [0.15, 0.2) is 27.1 Å². The van der Waals surface area contributed by atoms with Crippen molar-refractivity contribution in [3.63, 3.8) is 0 Å². The molecule has 0 unspecified atom stereocenters. The van der Waals surface area contributed by atoms with Gasteiger partial charge in [0.2, 0.25) is 0 Å². The SMILES string of the molecule is CCOC(=O)/C=C(/C)NC(=O)N(C)C.Cc1cc(=O)oc(N(C)C)n1.ClP(Cl)(Cl)(Cl)Cl.O=P(Cl)(Cl)Cl. The molecule has 0 saturated heterocycles. The number of amides is 2. The van der Waals surface area contributed by atoms with Gasteiger partial charge in [-0.15, -0.1) is 0 Å². The molecule has 0 fully saturated rings. The second kappa shape index (κ2) is 18.4. The monoisotopic (exact) mass is 712 g/mol. The van der Waals surface area contributed by atoms with Crippen molar-refractivity contribution in [2.24, 2.45) is 0 Å². The Bertz CT molecular complexity index is 952. The number of allylic oxidation sites excluding steroid dienone is 1. The molecule has 0 atom stereocenters. The Morgan fingerprint density at radius 1 is 1.14 bits per heavy atom. The predicted molar refractivity (Wildman–Crippen MR) is 156 cm³/mol. The van der Waals surface area contributed by atoms with Crippen LogP contribution in [-0.2, 0) is 14.1 Å². The minimum absolute atomic E-state index is 0.275. The fourth-order valence-corrected chi connectivity index (χ4v) is 1.36. The summed E-state index contributed by atoms with van der Waals surface area (Å²) in [5.74, 6) is -0.455. The molecule has 0 spiro atoms. The van der Waals surface area contributed by atoms with Gasteiger partial charge < -0.3 is 24.3 Å². The molecule has 0 aliphatic rings. The molecule has 1 rings (SSSR count). The number of hydrogen-bond donors (Lipinski definition) is 1. The van der Waals surface area contributed by atoms with Gasteiger partial charge in [-0.1, -0.05) is 0 Å². The largest absolute Gasteiger partial charge is 0.339 e. The van der Waals surface area contributed by atoms with Gasteiger partial charge >= 0.3 is 82.4 Å². The Morgan fingerprint density at radius 3 is 1.86 bits per heavy atom. The maximum absolute atomic E-state index is 11.1. The van der Waals surface area contributed by atoms with Crippen LogP contribution in [-0.4, -0.2) is 56.7 Å². The van der Waals surface area contributed by atoms with Crippen LogP contribution in [0.4, 0.5) is 10.8 Å². The van der Waals surface area contributed by atoms with Crippen LogP contribution in [0.3, 0.4) is 0 Å². The molecular weight excluding hydrogens is 690 g/mol. The Hall–Kier alpha value is 0.140. The zero-order chi connectivity index (χ0) is 29.5. The van der Waals surface area contributed by atoms with E-state index < -0.39 is 14.5 Å². The summed E-state index contributed by atoms with van der Waals surface area (Å²) in [5.41, 5.74) is 0.772. The molecule has 0 aromatic carbocycles. The van der Waals surface area contributed by atoms with Gasteiger partial charge in [-0.2, -0.15) is 0 Å². The van der Waals surface area contributed by atoms with Gasteiger partial charge in [-0.05, 0) is 54.5 Å². The Kier molecular flexibility index (Phi) is 20.8. The molecule has 0 bridgehead atoms. The fraction of sp³-hybridized carbons (Fsp3) is 0.500. The number of carbonyl (C=O) groups excluding carboxylic acids is 2. The van der Waals surface area contributed by atoms with Crippen LogP contribution in [0.1, 0.15) is 19.5 Å². The van der Waals surface area contributed by atoms with E-state index in [9.17, 15) is 18.9 Å². The summed E-state index contributed by atoms with van der Waals surface area (Å²) >= 11 is 38.7. The number of ether oxygens (including phenoxy) is 1. The summed E-state index contributed by atoms with van der Waals surface area (Å²) < 4.78 is 15.3. The van der Waals surface area contributed by atoms with Crippen molar-refractivity contribution in [1.82, 2.24) is 15.2 Å². The average molecular weight is 716 g/mol. The van der Waals surface area contributed by atoms with Crippen molar-refractivity contribution >= 4 is 117 Å². The fourth-order valence-electron chi connectivity index (χ4n) is 1.36. The van der Waals surface area contributed by atoms with E-state index in [2.05, 4.69) is 48.8 Å². The number of rotatable bonds is 4. The summed E-state index contributed by atoms with van der Waals surface area (Å²) in [6, 6.07) is 1.42. The van der Waals surface area contributed by atoms with Crippen molar-refractivity contribution in [3.05, 3.63) is 34.0 Å². The first kappa shape index (κ1) is 40.6. The number of esters is 1. The quantitative estimate of drug-likeness (QED) is 0.188. The molecule has 10 nitrogen and oxygen atoms in total. The van der Waals surface area contributed by atoms with E-state index in [1.165, 1.54) is 17.0 Å². The molecule has 0 radical (unpaired) electrons. The first-order valence-electron chi connectivity index (χ1n) is 9.09.